The Balaban J connectivity index is 0.000000508. The number of carbonyl (C=O) groups excluding carboxylic acids is 4. The molecule has 12 nitrogen and oxygen atoms in total. The molecule has 0 aliphatic heterocycles. The second kappa shape index (κ2) is 18.5. The molecule has 204 valence electrons. The van der Waals surface area contributed by atoms with Crippen LogP contribution in [0, 0.1) is 0 Å². The third kappa shape index (κ3) is 16.8. The summed E-state index contributed by atoms with van der Waals surface area (Å²) in [6.07, 6.45) is -0.911. The van der Waals surface area contributed by atoms with E-state index in [1.165, 1.54) is 0 Å². The lowest BCUT2D eigenvalue weighted by Crippen LogP contribution is -2.17. The molecule has 0 atom stereocenters. The Morgan fingerprint density at radius 2 is 0.868 bits per heavy atom. The summed E-state index contributed by atoms with van der Waals surface area (Å²) in [7, 11) is 0. The molecule has 0 aliphatic rings. The van der Waals surface area contributed by atoms with E-state index in [1.807, 2.05) is 60.7 Å². The number of hydrogen-bond donors (Lipinski definition) is 2. The van der Waals surface area contributed by atoms with Gasteiger partial charge < -0.3 is 29.2 Å². The first-order valence-corrected chi connectivity index (χ1v) is 11.3. The van der Waals surface area contributed by atoms with Crippen LogP contribution in [0.4, 0.5) is 0 Å². The van der Waals surface area contributed by atoms with Crippen LogP contribution >= 0.6 is 0 Å². The Labute approximate surface area is 218 Å². The molecule has 0 aromatic heterocycles. The van der Waals surface area contributed by atoms with Crippen molar-refractivity contribution in [1.82, 2.24) is 0 Å². The van der Waals surface area contributed by atoms with Gasteiger partial charge in [0.1, 0.15) is 13.2 Å². The Morgan fingerprint density at radius 3 is 1.32 bits per heavy atom. The van der Waals surface area contributed by atoms with Gasteiger partial charge in [-0.25, -0.2) is 9.59 Å². The van der Waals surface area contributed by atoms with Crippen LogP contribution < -0.4 is 0 Å². The predicted octanol–water partition coefficient (Wildman–Crippen LogP) is 2.28. The van der Waals surface area contributed by atoms with Gasteiger partial charge in [0.05, 0.1) is 25.7 Å². The maximum Gasteiger partial charge on any atom is 0.344 e. The van der Waals surface area contributed by atoms with Crippen LogP contribution in [0.1, 0.15) is 36.8 Å². The van der Waals surface area contributed by atoms with Crippen molar-refractivity contribution in [2.24, 2.45) is 0 Å². The number of rotatable bonds is 14. The van der Waals surface area contributed by atoms with Crippen molar-refractivity contribution >= 4 is 35.8 Å². The molecule has 0 radical (unpaired) electrons. The molecule has 0 amide bonds. The largest absolute Gasteiger partial charge is 0.481 e. The van der Waals surface area contributed by atoms with Gasteiger partial charge in [-0.2, -0.15) is 0 Å². The van der Waals surface area contributed by atoms with E-state index in [2.05, 4.69) is 4.74 Å². The summed E-state index contributed by atoms with van der Waals surface area (Å²) in [6.45, 7) is -0.938. The molecule has 2 rings (SSSR count). The molecule has 2 aromatic rings. The summed E-state index contributed by atoms with van der Waals surface area (Å²) >= 11 is 0. The third-order valence-electron chi connectivity index (χ3n) is 4.27. The van der Waals surface area contributed by atoms with Gasteiger partial charge in [-0.1, -0.05) is 60.7 Å². The predicted molar refractivity (Wildman–Crippen MR) is 128 cm³/mol. The summed E-state index contributed by atoms with van der Waals surface area (Å²) in [4.78, 5) is 65.0. The fourth-order valence-corrected chi connectivity index (χ4v) is 2.43. The van der Waals surface area contributed by atoms with Crippen molar-refractivity contribution in [1.29, 1.82) is 0 Å². The van der Waals surface area contributed by atoms with Crippen molar-refractivity contribution in [3.63, 3.8) is 0 Å². The molecule has 0 aliphatic carbocycles. The molecule has 38 heavy (non-hydrogen) atoms. The number of benzene rings is 2. The number of carboxylic acid groups (broad SMARTS) is 2. The van der Waals surface area contributed by atoms with Gasteiger partial charge in [-0.05, 0) is 11.1 Å². The fraction of sp³-hybridized carbons (Fsp3) is 0.308. The maximum absolute atomic E-state index is 11.6. The van der Waals surface area contributed by atoms with Crippen LogP contribution in [-0.2, 0) is 60.9 Å². The first-order chi connectivity index (χ1) is 18.2. The minimum absolute atomic E-state index is 0.106. The van der Waals surface area contributed by atoms with Crippen molar-refractivity contribution in [2.45, 2.75) is 38.9 Å². The van der Waals surface area contributed by atoms with E-state index in [-0.39, 0.29) is 38.9 Å². The lowest BCUT2D eigenvalue weighted by molar-refractivity contribution is -0.160. The summed E-state index contributed by atoms with van der Waals surface area (Å²) in [5.74, 6) is -5.01. The van der Waals surface area contributed by atoms with Gasteiger partial charge in [-0.15, -0.1) is 0 Å². The van der Waals surface area contributed by atoms with E-state index in [1.54, 1.807) is 0 Å². The molecule has 0 bridgehead atoms. The van der Waals surface area contributed by atoms with E-state index in [4.69, 9.17) is 24.4 Å². The molecule has 0 saturated heterocycles. The number of ether oxygens (including phenoxy) is 4. The highest BCUT2D eigenvalue weighted by atomic mass is 16.6. The van der Waals surface area contributed by atoms with Crippen molar-refractivity contribution in [2.75, 3.05) is 13.2 Å². The van der Waals surface area contributed by atoms with Crippen molar-refractivity contribution in [3.05, 3.63) is 71.8 Å². The van der Waals surface area contributed by atoms with Gasteiger partial charge in [-0.3, -0.25) is 19.2 Å². The molecular formula is C26H28O12. The lowest BCUT2D eigenvalue weighted by atomic mass is 10.2. The molecule has 2 aromatic carbocycles. The Kier molecular flexibility index (Phi) is 15.2. The molecule has 0 saturated carbocycles. The summed E-state index contributed by atoms with van der Waals surface area (Å²) in [6, 6.07) is 18.4. The zero-order chi connectivity index (χ0) is 28.2. The number of carbonyl (C=O) groups is 6. The minimum atomic E-state index is -1.27. The lowest BCUT2D eigenvalue weighted by Gasteiger charge is -2.07. The SMILES string of the molecule is O=C(CCC(=O)OCc1ccccc1)OCC(=O)OCc1ccccc1.O=C(O)CCC(=O)OCC(=O)O. The average molecular weight is 532 g/mol. The number of hydrogen-bond acceptors (Lipinski definition) is 10. The normalized spacial score (nSPS) is 9.68. The van der Waals surface area contributed by atoms with Crippen LogP contribution in [0.2, 0.25) is 0 Å². The molecule has 0 spiro atoms. The number of esters is 4. The quantitative estimate of drug-likeness (QED) is 0.268. The molecule has 0 heterocycles. The second-order valence-electron chi connectivity index (χ2n) is 7.40. The van der Waals surface area contributed by atoms with Gasteiger partial charge >= 0.3 is 35.8 Å². The van der Waals surface area contributed by atoms with Crippen LogP contribution in [-0.4, -0.2) is 59.2 Å². The summed E-state index contributed by atoms with van der Waals surface area (Å²) in [5, 5.41) is 16.2. The smallest absolute Gasteiger partial charge is 0.344 e. The van der Waals surface area contributed by atoms with Gasteiger partial charge in [0, 0.05) is 0 Å². The van der Waals surface area contributed by atoms with E-state index in [0.717, 1.165) is 11.1 Å². The van der Waals surface area contributed by atoms with Crippen LogP contribution in [0.25, 0.3) is 0 Å². The molecular weight excluding hydrogens is 504 g/mol. The van der Waals surface area contributed by atoms with Crippen LogP contribution in [0.3, 0.4) is 0 Å². The average Bonchev–Trinajstić information content (AvgIpc) is 2.91. The topological polar surface area (TPSA) is 180 Å². The highest BCUT2D eigenvalue weighted by Gasteiger charge is 2.12. The zero-order valence-electron chi connectivity index (χ0n) is 20.4. The highest BCUT2D eigenvalue weighted by molar-refractivity contribution is 5.80. The van der Waals surface area contributed by atoms with E-state index in [0.29, 0.717) is 0 Å². The fourth-order valence-electron chi connectivity index (χ4n) is 2.43. The van der Waals surface area contributed by atoms with Crippen molar-refractivity contribution < 1.29 is 57.9 Å². The Hall–Kier alpha value is -4.74. The van der Waals surface area contributed by atoms with Gasteiger partial charge in [0.2, 0.25) is 0 Å². The number of carboxylic acids is 2. The summed E-state index contributed by atoms with van der Waals surface area (Å²) in [5.41, 5.74) is 1.71. The zero-order valence-corrected chi connectivity index (χ0v) is 20.4. The maximum atomic E-state index is 11.6. The summed E-state index contributed by atoms with van der Waals surface area (Å²) < 4.78 is 19.0. The van der Waals surface area contributed by atoms with Gasteiger partial charge in [0.25, 0.3) is 0 Å². The minimum Gasteiger partial charge on any atom is -0.481 e. The van der Waals surface area contributed by atoms with E-state index in [9.17, 15) is 28.8 Å². The first kappa shape index (κ1) is 31.3. The second-order valence-corrected chi connectivity index (χ2v) is 7.40. The molecule has 12 heteroatoms. The molecule has 0 unspecified atom stereocenters. The van der Waals surface area contributed by atoms with Crippen LogP contribution in [0.5, 0.6) is 0 Å². The molecule has 2 N–H and O–H groups in total. The number of aliphatic carboxylic acids is 2. The first-order valence-electron chi connectivity index (χ1n) is 11.3. The molecule has 0 fully saturated rings. The van der Waals surface area contributed by atoms with Gasteiger partial charge in [0.15, 0.2) is 13.2 Å². The monoisotopic (exact) mass is 532 g/mol. The van der Waals surface area contributed by atoms with Crippen molar-refractivity contribution in [3.8, 4) is 0 Å². The Morgan fingerprint density at radius 1 is 0.474 bits per heavy atom. The third-order valence-corrected chi connectivity index (χ3v) is 4.27. The Bertz CT molecular complexity index is 969. The van der Waals surface area contributed by atoms with E-state index < -0.39 is 49.0 Å². The highest BCUT2D eigenvalue weighted by Crippen LogP contribution is 2.04. The van der Waals surface area contributed by atoms with E-state index >= 15 is 0 Å². The standard InChI is InChI=1S/C20H20O6.C6H8O6/c21-18(24-13-16-7-3-1-4-8-16)11-12-19(22)26-15-20(23)25-14-17-9-5-2-6-10-17;7-4(8)1-2-6(11)12-3-5(9)10/h1-10H,11-15H2;1-3H2,(H,7,8)(H,9,10). The van der Waals surface area contributed by atoms with Crippen LogP contribution in [0.15, 0.2) is 60.7 Å².